The third kappa shape index (κ3) is 2.02. The first-order chi connectivity index (χ1) is 6.86. The van der Waals surface area contributed by atoms with Crippen LogP contribution >= 0.6 is 0 Å². The molecule has 0 saturated carbocycles. The molecule has 1 aliphatic heterocycles. The summed E-state index contributed by atoms with van der Waals surface area (Å²) in [6.45, 7) is 1.91. The van der Waals surface area contributed by atoms with Crippen molar-refractivity contribution in [3.05, 3.63) is 30.6 Å². The molecule has 0 unspecified atom stereocenters. The summed E-state index contributed by atoms with van der Waals surface area (Å²) in [5, 5.41) is 4.00. The van der Waals surface area contributed by atoms with Gasteiger partial charge < -0.3 is 4.90 Å². The Morgan fingerprint density at radius 3 is 3.00 bits per heavy atom. The molecule has 0 fully saturated rings. The van der Waals surface area contributed by atoms with E-state index in [0.29, 0.717) is 6.54 Å². The molecule has 0 aliphatic carbocycles. The molecule has 0 aromatic carbocycles. The lowest BCUT2D eigenvalue weighted by Crippen LogP contribution is -2.36. The van der Waals surface area contributed by atoms with E-state index in [-0.39, 0.29) is 5.91 Å². The molecule has 1 amide bonds. The Morgan fingerprint density at radius 1 is 1.43 bits per heavy atom. The SMILES string of the molecule is O=C(Cn1cccn1)N1CC=CCC1. The summed E-state index contributed by atoms with van der Waals surface area (Å²) in [5.74, 6) is 0.137. The molecule has 0 N–H and O–H groups in total. The maximum atomic E-state index is 11.7. The Hall–Kier alpha value is -1.58. The molecule has 4 heteroatoms. The summed E-state index contributed by atoms with van der Waals surface area (Å²) in [4.78, 5) is 13.5. The van der Waals surface area contributed by atoms with Crippen LogP contribution in [0.2, 0.25) is 0 Å². The van der Waals surface area contributed by atoms with Crippen molar-refractivity contribution in [1.29, 1.82) is 0 Å². The van der Waals surface area contributed by atoms with E-state index >= 15 is 0 Å². The molecule has 0 atom stereocenters. The highest BCUT2D eigenvalue weighted by atomic mass is 16.2. The van der Waals surface area contributed by atoms with E-state index in [1.54, 1.807) is 17.1 Å². The van der Waals surface area contributed by atoms with Gasteiger partial charge in [0.1, 0.15) is 6.54 Å². The molecule has 0 radical (unpaired) electrons. The van der Waals surface area contributed by atoms with E-state index in [9.17, 15) is 4.79 Å². The predicted molar refractivity (Wildman–Crippen MR) is 52.6 cm³/mol. The Bertz CT molecular complexity index is 329. The van der Waals surface area contributed by atoms with Gasteiger partial charge in [-0.1, -0.05) is 12.2 Å². The highest BCUT2D eigenvalue weighted by Gasteiger charge is 2.13. The molecule has 2 rings (SSSR count). The molecule has 1 aromatic rings. The number of carbonyl (C=O) groups excluding carboxylic acids is 1. The normalized spacial score (nSPS) is 15.9. The first kappa shape index (κ1) is 8.99. The minimum Gasteiger partial charge on any atom is -0.337 e. The van der Waals surface area contributed by atoms with Gasteiger partial charge in [-0.3, -0.25) is 9.48 Å². The van der Waals surface area contributed by atoms with E-state index in [4.69, 9.17) is 0 Å². The van der Waals surface area contributed by atoms with Crippen LogP contribution in [0.25, 0.3) is 0 Å². The Kier molecular flexibility index (Phi) is 2.62. The Balaban J connectivity index is 1.92. The van der Waals surface area contributed by atoms with Crippen LogP contribution in [0.1, 0.15) is 6.42 Å². The topological polar surface area (TPSA) is 38.1 Å². The van der Waals surface area contributed by atoms with Gasteiger partial charge in [-0.25, -0.2) is 0 Å². The molecule has 4 nitrogen and oxygen atoms in total. The number of aromatic nitrogens is 2. The van der Waals surface area contributed by atoms with Crippen LogP contribution in [0, 0.1) is 0 Å². The second-order valence-electron chi connectivity index (χ2n) is 3.30. The zero-order valence-corrected chi connectivity index (χ0v) is 7.97. The molecule has 2 heterocycles. The molecular weight excluding hydrogens is 178 g/mol. The van der Waals surface area contributed by atoms with Crippen molar-refractivity contribution in [2.45, 2.75) is 13.0 Å². The molecule has 0 spiro atoms. The van der Waals surface area contributed by atoms with E-state index in [0.717, 1.165) is 19.5 Å². The second-order valence-corrected chi connectivity index (χ2v) is 3.30. The lowest BCUT2D eigenvalue weighted by atomic mass is 10.2. The van der Waals surface area contributed by atoms with Crippen LogP contribution < -0.4 is 0 Å². The summed E-state index contributed by atoms with van der Waals surface area (Å²) in [5.41, 5.74) is 0. The molecule has 0 saturated heterocycles. The number of amides is 1. The summed E-state index contributed by atoms with van der Waals surface area (Å²) < 4.78 is 1.65. The van der Waals surface area contributed by atoms with Crippen molar-refractivity contribution in [2.24, 2.45) is 0 Å². The Labute approximate surface area is 82.8 Å². The first-order valence-electron chi connectivity index (χ1n) is 4.76. The van der Waals surface area contributed by atoms with E-state index in [1.807, 2.05) is 17.0 Å². The first-order valence-corrected chi connectivity index (χ1v) is 4.76. The van der Waals surface area contributed by atoms with Gasteiger partial charge >= 0.3 is 0 Å². The van der Waals surface area contributed by atoms with Gasteiger partial charge in [0.25, 0.3) is 0 Å². The summed E-state index contributed by atoms with van der Waals surface area (Å²) in [7, 11) is 0. The quantitative estimate of drug-likeness (QED) is 0.644. The number of rotatable bonds is 2. The van der Waals surface area contributed by atoms with Crippen LogP contribution in [-0.2, 0) is 11.3 Å². The third-order valence-corrected chi connectivity index (χ3v) is 2.27. The van der Waals surface area contributed by atoms with Crippen LogP contribution in [0.5, 0.6) is 0 Å². The average molecular weight is 191 g/mol. The number of nitrogens with zero attached hydrogens (tertiary/aromatic N) is 3. The van der Waals surface area contributed by atoms with Crippen LogP contribution in [-0.4, -0.2) is 33.7 Å². The molecule has 1 aliphatic rings. The summed E-state index contributed by atoms with van der Waals surface area (Å²) in [6.07, 6.45) is 8.59. The summed E-state index contributed by atoms with van der Waals surface area (Å²) in [6, 6.07) is 1.82. The minimum atomic E-state index is 0.137. The number of hydrogen-bond donors (Lipinski definition) is 0. The van der Waals surface area contributed by atoms with Crippen molar-refractivity contribution in [3.8, 4) is 0 Å². The fourth-order valence-corrected chi connectivity index (χ4v) is 1.50. The van der Waals surface area contributed by atoms with Crippen molar-refractivity contribution in [2.75, 3.05) is 13.1 Å². The largest absolute Gasteiger partial charge is 0.337 e. The fraction of sp³-hybridized carbons (Fsp3) is 0.400. The average Bonchev–Trinajstić information content (AvgIpc) is 2.72. The van der Waals surface area contributed by atoms with Crippen LogP contribution in [0.15, 0.2) is 30.6 Å². The zero-order chi connectivity index (χ0) is 9.80. The highest BCUT2D eigenvalue weighted by molar-refractivity contribution is 5.76. The zero-order valence-electron chi connectivity index (χ0n) is 7.97. The van der Waals surface area contributed by atoms with E-state index in [1.165, 1.54) is 0 Å². The summed E-state index contributed by atoms with van der Waals surface area (Å²) >= 11 is 0. The van der Waals surface area contributed by atoms with Crippen molar-refractivity contribution in [1.82, 2.24) is 14.7 Å². The third-order valence-electron chi connectivity index (χ3n) is 2.27. The smallest absolute Gasteiger partial charge is 0.244 e. The van der Waals surface area contributed by atoms with Gasteiger partial charge in [0.2, 0.25) is 5.91 Å². The predicted octanol–water partition coefficient (Wildman–Crippen LogP) is 0.672. The van der Waals surface area contributed by atoms with E-state index < -0.39 is 0 Å². The lowest BCUT2D eigenvalue weighted by molar-refractivity contribution is -0.131. The van der Waals surface area contributed by atoms with Crippen molar-refractivity contribution in [3.63, 3.8) is 0 Å². The van der Waals surface area contributed by atoms with E-state index in [2.05, 4.69) is 11.2 Å². The molecule has 1 aromatic heterocycles. The standard InChI is InChI=1S/C10H13N3O/c14-10(9-13-8-4-5-11-13)12-6-2-1-3-7-12/h1-2,4-5,8H,3,6-7,9H2. The van der Waals surface area contributed by atoms with Crippen LogP contribution in [0.3, 0.4) is 0 Å². The highest BCUT2D eigenvalue weighted by Crippen LogP contribution is 2.02. The van der Waals surface area contributed by atoms with Gasteiger partial charge in [-0.05, 0) is 12.5 Å². The van der Waals surface area contributed by atoms with Gasteiger partial charge in [-0.2, -0.15) is 5.10 Å². The minimum absolute atomic E-state index is 0.137. The molecular formula is C10H13N3O. The maximum Gasteiger partial charge on any atom is 0.244 e. The van der Waals surface area contributed by atoms with Crippen molar-refractivity contribution < 1.29 is 4.79 Å². The van der Waals surface area contributed by atoms with Gasteiger partial charge in [-0.15, -0.1) is 0 Å². The fourth-order valence-electron chi connectivity index (χ4n) is 1.50. The maximum absolute atomic E-state index is 11.7. The second kappa shape index (κ2) is 4.09. The molecule has 74 valence electrons. The van der Waals surface area contributed by atoms with Gasteiger partial charge in [0.15, 0.2) is 0 Å². The van der Waals surface area contributed by atoms with Gasteiger partial charge in [0.05, 0.1) is 0 Å². The Morgan fingerprint density at radius 2 is 2.36 bits per heavy atom. The number of carbonyl (C=O) groups is 1. The molecule has 14 heavy (non-hydrogen) atoms. The van der Waals surface area contributed by atoms with Crippen LogP contribution in [0.4, 0.5) is 0 Å². The molecule has 0 bridgehead atoms. The monoisotopic (exact) mass is 191 g/mol. The van der Waals surface area contributed by atoms with Crippen molar-refractivity contribution >= 4 is 5.91 Å². The lowest BCUT2D eigenvalue weighted by Gasteiger charge is -2.23. The van der Waals surface area contributed by atoms with Gasteiger partial charge in [0, 0.05) is 25.5 Å². The number of hydrogen-bond acceptors (Lipinski definition) is 2.